The molecular formula is C18H13BrN2O3S. The van der Waals surface area contributed by atoms with Crippen LogP contribution in [0.1, 0.15) is 5.56 Å². The first kappa shape index (κ1) is 16.2. The highest BCUT2D eigenvalue weighted by Crippen LogP contribution is 2.36. The van der Waals surface area contributed by atoms with Crippen LogP contribution >= 0.6 is 27.7 Å². The van der Waals surface area contributed by atoms with Crippen molar-refractivity contribution in [3.63, 3.8) is 0 Å². The fourth-order valence-electron chi connectivity index (χ4n) is 2.43. The van der Waals surface area contributed by atoms with Gasteiger partial charge in [-0.1, -0.05) is 22.0 Å². The Bertz CT molecular complexity index is 909. The van der Waals surface area contributed by atoms with Crippen LogP contribution < -0.4 is 9.47 Å². The number of ether oxygens (including phenoxy) is 2. The predicted molar refractivity (Wildman–Crippen MR) is 102 cm³/mol. The summed E-state index contributed by atoms with van der Waals surface area (Å²) in [5.74, 6) is 1.35. The number of carbonyl (C=O) groups is 1. The van der Waals surface area contributed by atoms with E-state index in [-0.39, 0.29) is 12.7 Å². The van der Waals surface area contributed by atoms with Crippen LogP contribution in [0.15, 0.2) is 56.8 Å². The van der Waals surface area contributed by atoms with E-state index < -0.39 is 0 Å². The summed E-state index contributed by atoms with van der Waals surface area (Å²) in [5.41, 5.74) is 1.69. The van der Waals surface area contributed by atoms with Gasteiger partial charge in [-0.15, -0.1) is 0 Å². The molecule has 1 fully saturated rings. The fourth-order valence-corrected chi connectivity index (χ4v) is 3.68. The van der Waals surface area contributed by atoms with Gasteiger partial charge in [0.1, 0.15) is 0 Å². The number of fused-ring (bicyclic) bond motifs is 1. The monoisotopic (exact) mass is 416 g/mol. The van der Waals surface area contributed by atoms with Gasteiger partial charge in [-0.2, -0.15) is 0 Å². The van der Waals surface area contributed by atoms with Crippen molar-refractivity contribution < 1.29 is 14.3 Å². The Morgan fingerprint density at radius 2 is 1.92 bits per heavy atom. The maximum Gasteiger partial charge on any atom is 0.266 e. The molecule has 2 aliphatic rings. The third-order valence-electron chi connectivity index (χ3n) is 3.75. The minimum absolute atomic E-state index is 0.0708. The van der Waals surface area contributed by atoms with E-state index in [1.54, 1.807) is 11.9 Å². The number of benzene rings is 2. The molecule has 0 N–H and O–H groups in total. The van der Waals surface area contributed by atoms with E-state index in [4.69, 9.17) is 9.47 Å². The van der Waals surface area contributed by atoms with Gasteiger partial charge in [0.05, 0.1) is 10.6 Å². The summed E-state index contributed by atoms with van der Waals surface area (Å²) in [6.45, 7) is 0.232. The van der Waals surface area contributed by atoms with Crippen molar-refractivity contribution in [2.75, 3.05) is 13.8 Å². The average molecular weight is 417 g/mol. The zero-order valence-electron chi connectivity index (χ0n) is 13.2. The summed E-state index contributed by atoms with van der Waals surface area (Å²) in [5, 5.41) is 0.652. The Hall–Kier alpha value is -2.25. The van der Waals surface area contributed by atoms with Crippen LogP contribution in [0.25, 0.3) is 6.08 Å². The van der Waals surface area contributed by atoms with E-state index in [1.807, 2.05) is 48.5 Å². The molecule has 2 heterocycles. The lowest BCUT2D eigenvalue weighted by molar-refractivity contribution is -0.121. The van der Waals surface area contributed by atoms with Gasteiger partial charge in [-0.05, 0) is 59.8 Å². The summed E-state index contributed by atoms with van der Waals surface area (Å²) >= 11 is 4.76. The van der Waals surface area contributed by atoms with Gasteiger partial charge < -0.3 is 9.47 Å². The van der Waals surface area contributed by atoms with Crippen LogP contribution in [0.3, 0.4) is 0 Å². The number of hydrogen-bond donors (Lipinski definition) is 0. The van der Waals surface area contributed by atoms with Crippen LogP contribution in [0.2, 0.25) is 0 Å². The van der Waals surface area contributed by atoms with Gasteiger partial charge in [-0.3, -0.25) is 9.69 Å². The number of hydrogen-bond acceptors (Lipinski definition) is 5. The van der Waals surface area contributed by atoms with Gasteiger partial charge in [0.2, 0.25) is 6.79 Å². The van der Waals surface area contributed by atoms with Crippen molar-refractivity contribution >= 4 is 50.5 Å². The number of thioether (sulfide) groups is 1. The third kappa shape index (κ3) is 3.29. The largest absolute Gasteiger partial charge is 0.454 e. The van der Waals surface area contributed by atoms with Gasteiger partial charge in [0.15, 0.2) is 16.7 Å². The molecule has 2 aliphatic heterocycles. The van der Waals surface area contributed by atoms with Gasteiger partial charge >= 0.3 is 0 Å². The second-order valence-corrected chi connectivity index (χ2v) is 7.38. The molecular weight excluding hydrogens is 404 g/mol. The average Bonchev–Trinajstić information content (AvgIpc) is 3.17. The van der Waals surface area contributed by atoms with Crippen LogP contribution in [0.5, 0.6) is 11.5 Å². The smallest absolute Gasteiger partial charge is 0.266 e. The number of amidine groups is 1. The summed E-state index contributed by atoms with van der Waals surface area (Å²) in [6, 6.07) is 13.3. The Balaban J connectivity index is 1.61. The number of aliphatic imine (C=N–C) groups is 1. The van der Waals surface area contributed by atoms with Crippen LogP contribution in [-0.2, 0) is 4.79 Å². The first-order chi connectivity index (χ1) is 12.1. The highest BCUT2D eigenvalue weighted by Gasteiger charge is 2.30. The Labute approximate surface area is 157 Å². The molecule has 126 valence electrons. The third-order valence-corrected chi connectivity index (χ3v) is 5.34. The maximum atomic E-state index is 12.5. The normalized spacial score (nSPS) is 19.3. The first-order valence-electron chi connectivity index (χ1n) is 7.52. The Morgan fingerprint density at radius 1 is 1.16 bits per heavy atom. The summed E-state index contributed by atoms with van der Waals surface area (Å²) in [7, 11) is 1.73. The first-order valence-corrected chi connectivity index (χ1v) is 9.12. The molecule has 2 aromatic rings. The van der Waals surface area contributed by atoms with Crippen LogP contribution in [0, 0.1) is 0 Å². The van der Waals surface area contributed by atoms with E-state index in [2.05, 4.69) is 20.9 Å². The number of amides is 1. The molecule has 7 heteroatoms. The molecule has 0 aliphatic carbocycles. The van der Waals surface area contributed by atoms with E-state index in [0.29, 0.717) is 15.8 Å². The minimum Gasteiger partial charge on any atom is -0.454 e. The molecule has 25 heavy (non-hydrogen) atoms. The summed E-state index contributed by atoms with van der Waals surface area (Å²) in [6.07, 6.45) is 1.84. The lowest BCUT2D eigenvalue weighted by Crippen LogP contribution is -2.23. The number of nitrogens with zero attached hydrogens (tertiary/aromatic N) is 2. The second-order valence-electron chi connectivity index (χ2n) is 5.46. The van der Waals surface area contributed by atoms with Crippen molar-refractivity contribution in [2.45, 2.75) is 0 Å². The number of likely N-dealkylation sites (N-methyl/N-ethyl adjacent to an activating group) is 1. The Kier molecular flexibility index (Phi) is 4.27. The molecule has 0 atom stereocenters. The summed E-state index contributed by atoms with van der Waals surface area (Å²) in [4.78, 5) is 19.2. The standard InChI is InChI=1S/C18H13BrN2O3S/c1-21-17(22)16(9-11-2-7-14-15(8-11)24-10-23-14)25-18(21)20-13-5-3-12(19)4-6-13/h2-9H,10H2,1H3. The van der Waals surface area contributed by atoms with E-state index in [1.165, 1.54) is 11.8 Å². The van der Waals surface area contributed by atoms with Gasteiger partial charge in [-0.25, -0.2) is 4.99 Å². The molecule has 5 nitrogen and oxygen atoms in total. The maximum absolute atomic E-state index is 12.5. The van der Waals surface area contributed by atoms with E-state index in [9.17, 15) is 4.79 Å². The molecule has 1 saturated heterocycles. The molecule has 0 unspecified atom stereocenters. The number of halogens is 1. The predicted octanol–water partition coefficient (Wildman–Crippen LogP) is 4.41. The minimum atomic E-state index is -0.0708. The van der Waals surface area contributed by atoms with E-state index >= 15 is 0 Å². The van der Waals surface area contributed by atoms with Gasteiger partial charge in [0, 0.05) is 11.5 Å². The SMILES string of the molecule is CN1C(=O)C(=Cc2ccc3c(c2)OCO3)SC1=Nc1ccc(Br)cc1. The molecule has 0 bridgehead atoms. The van der Waals surface area contributed by atoms with E-state index in [0.717, 1.165) is 21.5 Å². The van der Waals surface area contributed by atoms with Crippen molar-refractivity contribution in [3.05, 3.63) is 57.4 Å². The molecule has 0 radical (unpaired) electrons. The molecule has 0 aromatic heterocycles. The zero-order chi connectivity index (χ0) is 17.4. The second kappa shape index (κ2) is 6.57. The van der Waals surface area contributed by atoms with Crippen molar-refractivity contribution in [1.82, 2.24) is 4.90 Å². The number of carbonyl (C=O) groups excluding carboxylic acids is 1. The van der Waals surface area contributed by atoms with Crippen molar-refractivity contribution in [2.24, 2.45) is 4.99 Å². The highest BCUT2D eigenvalue weighted by molar-refractivity contribution is 9.10. The lowest BCUT2D eigenvalue weighted by atomic mass is 10.2. The molecule has 2 aromatic carbocycles. The quantitative estimate of drug-likeness (QED) is 0.680. The van der Waals surface area contributed by atoms with Crippen LogP contribution in [0.4, 0.5) is 5.69 Å². The van der Waals surface area contributed by atoms with Crippen molar-refractivity contribution in [3.8, 4) is 11.5 Å². The molecule has 0 saturated carbocycles. The highest BCUT2D eigenvalue weighted by atomic mass is 79.9. The van der Waals surface area contributed by atoms with Gasteiger partial charge in [0.25, 0.3) is 5.91 Å². The topological polar surface area (TPSA) is 51.1 Å². The number of rotatable bonds is 2. The molecule has 0 spiro atoms. The Morgan fingerprint density at radius 3 is 2.72 bits per heavy atom. The zero-order valence-corrected chi connectivity index (χ0v) is 15.6. The van der Waals surface area contributed by atoms with Crippen molar-refractivity contribution in [1.29, 1.82) is 0 Å². The fraction of sp³-hybridized carbons (Fsp3) is 0.111. The van der Waals surface area contributed by atoms with Crippen LogP contribution in [-0.4, -0.2) is 29.8 Å². The molecule has 4 rings (SSSR count). The summed E-state index contributed by atoms with van der Waals surface area (Å²) < 4.78 is 11.7. The molecule has 1 amide bonds. The lowest BCUT2D eigenvalue weighted by Gasteiger charge is -2.07.